The van der Waals surface area contributed by atoms with Crippen molar-refractivity contribution in [2.45, 2.75) is 38.1 Å². The first-order valence-electron chi connectivity index (χ1n) is 6.23. The minimum absolute atomic E-state index is 0.358. The zero-order valence-electron chi connectivity index (χ0n) is 9.48. The lowest BCUT2D eigenvalue weighted by molar-refractivity contribution is -0.132. The largest absolute Gasteiger partial charge is 0.336 e. The summed E-state index contributed by atoms with van der Waals surface area (Å²) in [7, 11) is 0. The Kier molecular flexibility index (Phi) is 2.43. The first kappa shape index (κ1) is 9.88. The van der Waals surface area contributed by atoms with Crippen LogP contribution in [0.1, 0.15) is 42.9 Å². The molecule has 0 radical (unpaired) electrons. The third kappa shape index (κ3) is 1.53. The normalized spacial score (nSPS) is 24.6. The van der Waals surface area contributed by atoms with Crippen LogP contribution in [0.4, 0.5) is 0 Å². The monoisotopic (exact) mass is 215 g/mol. The van der Waals surface area contributed by atoms with Gasteiger partial charge in [0.2, 0.25) is 5.91 Å². The van der Waals surface area contributed by atoms with Crippen LogP contribution in [0.5, 0.6) is 0 Å². The van der Waals surface area contributed by atoms with Gasteiger partial charge in [0.25, 0.3) is 0 Å². The summed E-state index contributed by atoms with van der Waals surface area (Å²) in [6.07, 6.45) is 5.09. The number of hydrogen-bond donors (Lipinski definition) is 0. The highest BCUT2D eigenvalue weighted by molar-refractivity contribution is 5.77. The second-order valence-corrected chi connectivity index (χ2v) is 4.80. The zero-order valence-corrected chi connectivity index (χ0v) is 9.48. The van der Waals surface area contributed by atoms with Crippen LogP contribution in [0.25, 0.3) is 0 Å². The lowest BCUT2D eigenvalue weighted by Crippen LogP contribution is -2.32. The van der Waals surface area contributed by atoms with Gasteiger partial charge in [-0.05, 0) is 36.8 Å². The van der Waals surface area contributed by atoms with Crippen molar-refractivity contribution in [3.05, 3.63) is 35.4 Å². The van der Waals surface area contributed by atoms with Crippen LogP contribution in [0, 0.1) is 0 Å². The molecule has 0 N–H and O–H groups in total. The molecule has 1 saturated heterocycles. The smallest absolute Gasteiger partial charge is 0.223 e. The Bertz CT molecular complexity index is 413. The molecular formula is C14H17NO. The van der Waals surface area contributed by atoms with E-state index in [-0.39, 0.29) is 0 Å². The second kappa shape index (κ2) is 3.93. The summed E-state index contributed by atoms with van der Waals surface area (Å²) in [4.78, 5) is 14.1. The molecule has 1 amide bonds. The van der Waals surface area contributed by atoms with Crippen molar-refractivity contribution in [1.29, 1.82) is 0 Å². The maximum atomic E-state index is 12.0. The SMILES string of the molecule is O=C1CCCc2ccccc2C2CCCN12. The van der Waals surface area contributed by atoms with Gasteiger partial charge in [-0.25, -0.2) is 0 Å². The fraction of sp³-hybridized carbons (Fsp3) is 0.500. The molecule has 2 aliphatic rings. The van der Waals surface area contributed by atoms with Crippen LogP contribution < -0.4 is 0 Å². The summed E-state index contributed by atoms with van der Waals surface area (Å²) >= 11 is 0. The molecule has 0 bridgehead atoms. The molecule has 2 heterocycles. The highest BCUT2D eigenvalue weighted by Gasteiger charge is 2.31. The molecule has 0 spiro atoms. The number of aryl methyl sites for hydroxylation is 1. The van der Waals surface area contributed by atoms with Crippen molar-refractivity contribution in [2.75, 3.05) is 6.54 Å². The van der Waals surface area contributed by atoms with E-state index in [1.807, 2.05) is 0 Å². The summed E-state index contributed by atoms with van der Waals surface area (Å²) < 4.78 is 0. The Morgan fingerprint density at radius 1 is 1.12 bits per heavy atom. The van der Waals surface area contributed by atoms with E-state index in [2.05, 4.69) is 29.2 Å². The minimum Gasteiger partial charge on any atom is -0.336 e. The number of carbonyl (C=O) groups excluding carboxylic acids is 1. The molecule has 2 nitrogen and oxygen atoms in total. The van der Waals surface area contributed by atoms with Crippen molar-refractivity contribution >= 4 is 5.91 Å². The van der Waals surface area contributed by atoms with Crippen LogP contribution in [-0.2, 0) is 11.2 Å². The van der Waals surface area contributed by atoms with Crippen molar-refractivity contribution < 1.29 is 4.79 Å². The van der Waals surface area contributed by atoms with E-state index >= 15 is 0 Å². The molecule has 1 atom stereocenters. The van der Waals surface area contributed by atoms with E-state index in [1.165, 1.54) is 11.1 Å². The number of amides is 1. The molecule has 2 aliphatic heterocycles. The maximum Gasteiger partial charge on any atom is 0.223 e. The quantitative estimate of drug-likeness (QED) is 0.651. The van der Waals surface area contributed by atoms with Gasteiger partial charge in [0.1, 0.15) is 0 Å². The first-order chi connectivity index (χ1) is 7.86. The molecule has 0 aromatic heterocycles. The fourth-order valence-electron chi connectivity index (χ4n) is 3.05. The number of fused-ring (bicyclic) bond motifs is 3. The van der Waals surface area contributed by atoms with E-state index in [0.717, 1.165) is 38.6 Å². The van der Waals surface area contributed by atoms with Gasteiger partial charge in [-0.3, -0.25) is 4.79 Å². The summed E-state index contributed by atoms with van der Waals surface area (Å²) in [5.74, 6) is 0.358. The molecular weight excluding hydrogens is 198 g/mol. The molecule has 1 aromatic carbocycles. The average Bonchev–Trinajstić information content (AvgIpc) is 2.76. The van der Waals surface area contributed by atoms with Crippen molar-refractivity contribution in [1.82, 2.24) is 4.90 Å². The number of benzene rings is 1. The Morgan fingerprint density at radius 2 is 2.00 bits per heavy atom. The van der Waals surface area contributed by atoms with Crippen molar-refractivity contribution in [3.63, 3.8) is 0 Å². The maximum absolute atomic E-state index is 12.0. The van der Waals surface area contributed by atoms with Gasteiger partial charge in [-0.2, -0.15) is 0 Å². The van der Waals surface area contributed by atoms with Gasteiger partial charge < -0.3 is 4.90 Å². The molecule has 0 aliphatic carbocycles. The van der Waals surface area contributed by atoms with Crippen LogP contribution in [-0.4, -0.2) is 17.4 Å². The van der Waals surface area contributed by atoms with Gasteiger partial charge in [-0.1, -0.05) is 24.3 Å². The Labute approximate surface area is 96.3 Å². The molecule has 3 rings (SSSR count). The zero-order chi connectivity index (χ0) is 11.0. The predicted octanol–water partition coefficient (Wildman–Crippen LogP) is 2.69. The molecule has 0 saturated carbocycles. The molecule has 1 aromatic rings. The third-order valence-electron chi connectivity index (χ3n) is 3.82. The summed E-state index contributed by atoms with van der Waals surface area (Å²) in [6, 6.07) is 9.01. The molecule has 1 fully saturated rings. The van der Waals surface area contributed by atoms with Gasteiger partial charge in [0, 0.05) is 13.0 Å². The topological polar surface area (TPSA) is 20.3 Å². The highest BCUT2D eigenvalue weighted by Crippen LogP contribution is 2.36. The van der Waals surface area contributed by atoms with Gasteiger partial charge in [-0.15, -0.1) is 0 Å². The van der Waals surface area contributed by atoms with Crippen LogP contribution >= 0.6 is 0 Å². The van der Waals surface area contributed by atoms with E-state index in [0.29, 0.717) is 11.9 Å². The van der Waals surface area contributed by atoms with E-state index in [4.69, 9.17) is 0 Å². The third-order valence-corrected chi connectivity index (χ3v) is 3.82. The highest BCUT2D eigenvalue weighted by atomic mass is 16.2. The summed E-state index contributed by atoms with van der Waals surface area (Å²) in [6.45, 7) is 0.956. The first-order valence-corrected chi connectivity index (χ1v) is 6.23. The standard InChI is InChI=1S/C14H17NO/c16-14-9-3-6-11-5-1-2-7-12(11)13-8-4-10-15(13)14/h1-2,5,7,13H,3-4,6,8-10H2. The molecule has 1 unspecified atom stereocenters. The fourth-order valence-corrected chi connectivity index (χ4v) is 3.05. The number of carbonyl (C=O) groups is 1. The predicted molar refractivity (Wildman–Crippen MR) is 63.1 cm³/mol. The molecule has 2 heteroatoms. The van der Waals surface area contributed by atoms with Crippen molar-refractivity contribution in [3.8, 4) is 0 Å². The van der Waals surface area contributed by atoms with E-state index in [1.54, 1.807) is 0 Å². The summed E-state index contributed by atoms with van der Waals surface area (Å²) in [5, 5.41) is 0. The Morgan fingerprint density at radius 3 is 2.94 bits per heavy atom. The molecule has 84 valence electrons. The van der Waals surface area contributed by atoms with Gasteiger partial charge in [0.15, 0.2) is 0 Å². The molecule has 16 heavy (non-hydrogen) atoms. The lowest BCUT2D eigenvalue weighted by Gasteiger charge is -2.29. The van der Waals surface area contributed by atoms with E-state index < -0.39 is 0 Å². The number of nitrogens with zero attached hydrogens (tertiary/aromatic N) is 1. The second-order valence-electron chi connectivity index (χ2n) is 4.80. The number of hydrogen-bond acceptors (Lipinski definition) is 1. The van der Waals surface area contributed by atoms with Crippen LogP contribution in [0.3, 0.4) is 0 Å². The average molecular weight is 215 g/mol. The van der Waals surface area contributed by atoms with Crippen molar-refractivity contribution in [2.24, 2.45) is 0 Å². The van der Waals surface area contributed by atoms with Crippen LogP contribution in [0.15, 0.2) is 24.3 Å². The lowest BCUT2D eigenvalue weighted by atomic mass is 9.93. The Balaban J connectivity index is 2.04. The van der Waals surface area contributed by atoms with Crippen LogP contribution in [0.2, 0.25) is 0 Å². The minimum atomic E-state index is 0.358. The van der Waals surface area contributed by atoms with Gasteiger partial charge in [0.05, 0.1) is 6.04 Å². The van der Waals surface area contributed by atoms with Gasteiger partial charge >= 0.3 is 0 Å². The summed E-state index contributed by atoms with van der Waals surface area (Å²) in [5.41, 5.74) is 2.85. The Hall–Kier alpha value is -1.31. The number of rotatable bonds is 0. The van der Waals surface area contributed by atoms with E-state index in [9.17, 15) is 4.79 Å².